The number of nitrogens with zero attached hydrogens (tertiary/aromatic N) is 2. The lowest BCUT2D eigenvalue weighted by Crippen LogP contribution is -2.11. The van der Waals surface area contributed by atoms with Gasteiger partial charge in [-0.15, -0.1) is 0 Å². The molecule has 3 rings (SSSR count). The Bertz CT molecular complexity index is 908. The highest BCUT2D eigenvalue weighted by Gasteiger charge is 2.21. The second kappa shape index (κ2) is 9.11. The average Bonchev–Trinajstić information content (AvgIpc) is 2.98. The summed E-state index contributed by atoms with van der Waals surface area (Å²) in [7, 11) is 0. The molecule has 0 amide bonds. The molecule has 0 fully saturated rings. The molecule has 3 aromatic rings. The SMILES string of the molecule is CCCCC(=O)Oc1c(Sc2ccc(Cl)cc2)c(C)nn1-c1ccccc1. The molecule has 2 aromatic carbocycles. The predicted octanol–water partition coefficient (Wildman–Crippen LogP) is 6.08. The summed E-state index contributed by atoms with van der Waals surface area (Å²) in [5.74, 6) is 0.214. The van der Waals surface area contributed by atoms with Gasteiger partial charge in [-0.3, -0.25) is 4.79 Å². The van der Waals surface area contributed by atoms with Crippen LogP contribution in [0.25, 0.3) is 5.69 Å². The van der Waals surface area contributed by atoms with Gasteiger partial charge < -0.3 is 4.74 Å². The Labute approximate surface area is 168 Å². The second-order valence-electron chi connectivity index (χ2n) is 6.10. The highest BCUT2D eigenvalue weighted by molar-refractivity contribution is 7.99. The van der Waals surface area contributed by atoms with E-state index in [2.05, 4.69) is 5.10 Å². The van der Waals surface area contributed by atoms with Crippen molar-refractivity contribution in [3.8, 4) is 11.6 Å². The Hall–Kier alpha value is -2.24. The Kier molecular flexibility index (Phi) is 6.58. The van der Waals surface area contributed by atoms with E-state index in [-0.39, 0.29) is 5.97 Å². The summed E-state index contributed by atoms with van der Waals surface area (Å²) in [5, 5.41) is 5.30. The first-order valence-corrected chi connectivity index (χ1v) is 10.1. The van der Waals surface area contributed by atoms with Crippen molar-refractivity contribution >= 4 is 29.3 Å². The van der Waals surface area contributed by atoms with Crippen LogP contribution in [0, 0.1) is 6.92 Å². The van der Waals surface area contributed by atoms with Gasteiger partial charge in [-0.05, 0) is 49.7 Å². The highest BCUT2D eigenvalue weighted by atomic mass is 35.5. The van der Waals surface area contributed by atoms with Crippen LogP contribution in [0.15, 0.2) is 64.4 Å². The lowest BCUT2D eigenvalue weighted by atomic mass is 10.2. The predicted molar refractivity (Wildman–Crippen MR) is 109 cm³/mol. The molecule has 0 spiro atoms. The van der Waals surface area contributed by atoms with E-state index in [0.29, 0.717) is 17.3 Å². The minimum atomic E-state index is -0.244. The number of carbonyl (C=O) groups excluding carboxylic acids is 1. The van der Waals surface area contributed by atoms with Crippen LogP contribution < -0.4 is 4.74 Å². The van der Waals surface area contributed by atoms with Crippen LogP contribution in [-0.2, 0) is 4.79 Å². The lowest BCUT2D eigenvalue weighted by molar-refractivity contribution is -0.135. The van der Waals surface area contributed by atoms with Crippen LogP contribution in [0.1, 0.15) is 31.9 Å². The molecule has 1 aromatic heterocycles. The summed E-state index contributed by atoms with van der Waals surface area (Å²) >= 11 is 7.50. The molecular weight excluding hydrogens is 380 g/mol. The summed E-state index contributed by atoms with van der Waals surface area (Å²) in [6.45, 7) is 3.97. The Balaban J connectivity index is 1.99. The number of para-hydroxylation sites is 1. The Morgan fingerprint density at radius 2 is 1.85 bits per heavy atom. The van der Waals surface area contributed by atoms with E-state index in [9.17, 15) is 4.79 Å². The van der Waals surface area contributed by atoms with Crippen LogP contribution in [0.4, 0.5) is 0 Å². The summed E-state index contributed by atoms with van der Waals surface area (Å²) in [6.07, 6.45) is 2.13. The Morgan fingerprint density at radius 3 is 2.52 bits per heavy atom. The van der Waals surface area contributed by atoms with Crippen LogP contribution in [0.3, 0.4) is 0 Å². The topological polar surface area (TPSA) is 44.1 Å². The molecule has 4 nitrogen and oxygen atoms in total. The van der Waals surface area contributed by atoms with Crippen molar-refractivity contribution in [1.29, 1.82) is 0 Å². The molecule has 0 unspecified atom stereocenters. The van der Waals surface area contributed by atoms with Gasteiger partial charge in [-0.1, -0.05) is 54.9 Å². The van der Waals surface area contributed by atoms with Gasteiger partial charge >= 0.3 is 5.97 Å². The number of unbranched alkanes of at least 4 members (excludes halogenated alkanes) is 1. The van der Waals surface area contributed by atoms with Crippen LogP contribution in [-0.4, -0.2) is 15.7 Å². The van der Waals surface area contributed by atoms with Crippen molar-refractivity contribution in [3.05, 3.63) is 65.3 Å². The number of halogens is 1. The van der Waals surface area contributed by atoms with E-state index in [1.54, 1.807) is 4.68 Å². The maximum Gasteiger partial charge on any atom is 0.312 e. The van der Waals surface area contributed by atoms with Gasteiger partial charge in [0.2, 0.25) is 5.88 Å². The van der Waals surface area contributed by atoms with Crippen molar-refractivity contribution in [1.82, 2.24) is 9.78 Å². The summed E-state index contributed by atoms with van der Waals surface area (Å²) < 4.78 is 7.46. The van der Waals surface area contributed by atoms with Gasteiger partial charge in [0, 0.05) is 16.3 Å². The first kappa shape index (κ1) is 19.5. The lowest BCUT2D eigenvalue weighted by Gasteiger charge is -2.10. The van der Waals surface area contributed by atoms with Gasteiger partial charge in [0.05, 0.1) is 16.3 Å². The third-order valence-corrected chi connectivity index (χ3v) is 5.38. The normalized spacial score (nSPS) is 10.8. The van der Waals surface area contributed by atoms with Crippen LogP contribution >= 0.6 is 23.4 Å². The molecule has 0 saturated carbocycles. The van der Waals surface area contributed by atoms with E-state index in [1.807, 2.05) is 68.4 Å². The fourth-order valence-electron chi connectivity index (χ4n) is 2.54. The number of aromatic nitrogens is 2. The molecule has 0 aliphatic heterocycles. The van der Waals surface area contributed by atoms with Crippen molar-refractivity contribution in [2.45, 2.75) is 42.9 Å². The van der Waals surface area contributed by atoms with Crippen molar-refractivity contribution in [2.24, 2.45) is 0 Å². The molecule has 140 valence electrons. The number of carbonyl (C=O) groups is 1. The van der Waals surface area contributed by atoms with Gasteiger partial charge in [-0.2, -0.15) is 9.78 Å². The first-order valence-electron chi connectivity index (χ1n) is 8.87. The van der Waals surface area contributed by atoms with Gasteiger partial charge in [0.1, 0.15) is 0 Å². The first-order chi connectivity index (χ1) is 13.1. The molecule has 6 heteroatoms. The van der Waals surface area contributed by atoms with E-state index >= 15 is 0 Å². The maximum absolute atomic E-state index is 12.3. The van der Waals surface area contributed by atoms with Gasteiger partial charge in [-0.25, -0.2) is 0 Å². The second-order valence-corrected chi connectivity index (χ2v) is 7.62. The van der Waals surface area contributed by atoms with E-state index in [4.69, 9.17) is 16.3 Å². The molecule has 27 heavy (non-hydrogen) atoms. The third-order valence-electron chi connectivity index (χ3n) is 3.94. The van der Waals surface area contributed by atoms with Gasteiger partial charge in [0.25, 0.3) is 0 Å². The van der Waals surface area contributed by atoms with E-state index < -0.39 is 0 Å². The monoisotopic (exact) mass is 400 g/mol. The molecule has 0 atom stereocenters. The van der Waals surface area contributed by atoms with Crippen molar-refractivity contribution < 1.29 is 9.53 Å². The summed E-state index contributed by atoms with van der Waals surface area (Å²) in [4.78, 5) is 14.1. The molecule has 0 N–H and O–H groups in total. The fourth-order valence-corrected chi connectivity index (χ4v) is 3.58. The maximum atomic E-state index is 12.3. The zero-order chi connectivity index (χ0) is 19.2. The van der Waals surface area contributed by atoms with E-state index in [0.717, 1.165) is 34.0 Å². The van der Waals surface area contributed by atoms with Crippen molar-refractivity contribution in [2.75, 3.05) is 0 Å². The smallest absolute Gasteiger partial charge is 0.312 e. The summed E-state index contributed by atoms with van der Waals surface area (Å²) in [6, 6.07) is 17.2. The largest absolute Gasteiger partial charge is 0.406 e. The standard InChI is InChI=1S/C21H21ClN2O2S/c1-3-4-10-19(25)26-21-20(27-18-13-11-16(22)12-14-18)15(2)23-24(21)17-8-6-5-7-9-17/h5-9,11-14H,3-4,10H2,1-2H3. The van der Waals surface area contributed by atoms with E-state index in [1.165, 1.54) is 11.8 Å². The molecule has 0 saturated heterocycles. The highest BCUT2D eigenvalue weighted by Crippen LogP contribution is 2.39. The van der Waals surface area contributed by atoms with Crippen LogP contribution in [0.5, 0.6) is 5.88 Å². The number of benzene rings is 2. The van der Waals surface area contributed by atoms with Gasteiger partial charge in [0.15, 0.2) is 0 Å². The quantitative estimate of drug-likeness (QED) is 0.451. The third kappa shape index (κ3) is 4.93. The zero-order valence-electron chi connectivity index (χ0n) is 15.3. The number of hydrogen-bond acceptors (Lipinski definition) is 4. The number of rotatable bonds is 7. The fraction of sp³-hybridized carbons (Fsp3) is 0.238. The number of hydrogen-bond donors (Lipinski definition) is 0. The summed E-state index contributed by atoms with van der Waals surface area (Å²) in [5.41, 5.74) is 1.65. The minimum Gasteiger partial charge on any atom is -0.406 e. The molecule has 0 aliphatic rings. The average molecular weight is 401 g/mol. The number of aryl methyl sites for hydroxylation is 1. The number of ether oxygens (including phenoxy) is 1. The Morgan fingerprint density at radius 1 is 1.15 bits per heavy atom. The zero-order valence-corrected chi connectivity index (χ0v) is 16.9. The molecule has 0 bridgehead atoms. The molecule has 1 heterocycles. The number of esters is 1. The molecular formula is C21H21ClN2O2S. The molecule has 0 radical (unpaired) electrons. The minimum absolute atomic E-state index is 0.244. The van der Waals surface area contributed by atoms with Crippen molar-refractivity contribution in [3.63, 3.8) is 0 Å². The molecule has 0 aliphatic carbocycles. The van der Waals surface area contributed by atoms with Crippen LogP contribution in [0.2, 0.25) is 5.02 Å².